The summed E-state index contributed by atoms with van der Waals surface area (Å²) in [5.41, 5.74) is 0.692. The van der Waals surface area contributed by atoms with Crippen molar-refractivity contribution >= 4 is 18.0 Å². The molecule has 0 spiro atoms. The van der Waals surface area contributed by atoms with Gasteiger partial charge in [0.05, 0.1) is 0 Å². The first-order valence-corrected chi connectivity index (χ1v) is 11.1. The fraction of sp³-hybridized carbons (Fsp3) is 0.400. The molecule has 2 aromatic rings. The minimum atomic E-state index is -5.21. The van der Waals surface area contributed by atoms with E-state index in [-0.39, 0.29) is 18.4 Å². The second-order valence-electron chi connectivity index (χ2n) is 9.00. The number of hydrogen-bond donors (Lipinski definition) is 3. The molecular weight excluding hydrogens is 465 g/mol. The van der Waals surface area contributed by atoms with E-state index < -0.39 is 42.1 Å². The fourth-order valence-corrected chi connectivity index (χ4v) is 4.02. The van der Waals surface area contributed by atoms with Gasteiger partial charge in [-0.25, -0.2) is 9.59 Å². The molecule has 2 atom stereocenters. The van der Waals surface area contributed by atoms with Crippen LogP contribution in [0.3, 0.4) is 0 Å². The molecule has 3 N–H and O–H groups in total. The first-order chi connectivity index (χ1) is 16.3. The van der Waals surface area contributed by atoms with E-state index >= 15 is 0 Å². The Morgan fingerprint density at radius 1 is 1.00 bits per heavy atom. The van der Waals surface area contributed by atoms with E-state index in [2.05, 4.69) is 5.32 Å². The van der Waals surface area contributed by atoms with Crippen LogP contribution < -0.4 is 10.6 Å². The maximum absolute atomic E-state index is 13.2. The number of ether oxygens (including phenoxy) is 1. The Morgan fingerprint density at radius 2 is 1.51 bits per heavy atom. The summed E-state index contributed by atoms with van der Waals surface area (Å²) in [4.78, 5) is 36.0. The molecule has 35 heavy (non-hydrogen) atoms. The molecule has 0 radical (unpaired) electrons. The summed E-state index contributed by atoms with van der Waals surface area (Å²) >= 11 is 0. The van der Waals surface area contributed by atoms with Crippen molar-refractivity contribution in [1.29, 1.82) is 0 Å². The molecule has 7 nitrogen and oxygen atoms in total. The van der Waals surface area contributed by atoms with Gasteiger partial charge in [0.2, 0.25) is 11.4 Å². The molecule has 0 bridgehead atoms. The lowest BCUT2D eigenvalue weighted by molar-refractivity contribution is -0.207. The minimum Gasteiger partial charge on any atom is -0.479 e. The fourth-order valence-electron chi connectivity index (χ4n) is 4.02. The molecule has 0 saturated heterocycles. The third-order valence-corrected chi connectivity index (χ3v) is 6.24. The summed E-state index contributed by atoms with van der Waals surface area (Å²) in [6.45, 7) is 3.74. The van der Waals surface area contributed by atoms with Gasteiger partial charge in [-0.05, 0) is 35.1 Å². The number of carboxylic acid groups (broad SMARTS) is 1. The summed E-state index contributed by atoms with van der Waals surface area (Å²) in [5.74, 6) is -3.92. The number of hydrogen-bond acceptors (Lipinski definition) is 4. The molecule has 1 unspecified atom stereocenters. The Labute approximate surface area is 200 Å². The van der Waals surface area contributed by atoms with Gasteiger partial charge in [-0.3, -0.25) is 4.79 Å². The molecule has 0 aliphatic heterocycles. The number of amides is 2. The molecule has 10 heteroatoms. The predicted molar refractivity (Wildman–Crippen MR) is 122 cm³/mol. The summed E-state index contributed by atoms with van der Waals surface area (Å²) in [6.07, 6.45) is -6.58. The predicted octanol–water partition coefficient (Wildman–Crippen LogP) is 4.46. The van der Waals surface area contributed by atoms with Gasteiger partial charge in [-0.2, -0.15) is 13.2 Å². The molecular formula is C25H27F3N2O5. The largest absolute Gasteiger partial charge is 0.479 e. The molecule has 0 aromatic heterocycles. The molecule has 1 aliphatic rings. The van der Waals surface area contributed by atoms with Crippen LogP contribution in [0.5, 0.6) is 0 Å². The zero-order valence-electron chi connectivity index (χ0n) is 19.5. The van der Waals surface area contributed by atoms with Crippen LogP contribution in [0.2, 0.25) is 0 Å². The highest BCUT2D eigenvalue weighted by molar-refractivity contribution is 5.88. The zero-order chi connectivity index (χ0) is 26.0. The molecule has 2 aromatic carbocycles. The molecule has 0 fully saturated rings. The highest BCUT2D eigenvalue weighted by Crippen LogP contribution is 2.44. The summed E-state index contributed by atoms with van der Waals surface area (Å²) in [7, 11) is 0. The second-order valence-corrected chi connectivity index (χ2v) is 9.00. The lowest BCUT2D eigenvalue weighted by Crippen LogP contribution is -2.62. The van der Waals surface area contributed by atoms with Crippen LogP contribution in [0.4, 0.5) is 18.0 Å². The maximum Gasteiger partial charge on any atom is 0.422 e. The first-order valence-electron chi connectivity index (χ1n) is 11.1. The number of carboxylic acids is 1. The molecule has 0 heterocycles. The van der Waals surface area contributed by atoms with Gasteiger partial charge < -0.3 is 20.5 Å². The van der Waals surface area contributed by atoms with Crippen LogP contribution in [-0.4, -0.2) is 47.4 Å². The van der Waals surface area contributed by atoms with Crippen molar-refractivity contribution in [2.75, 3.05) is 6.61 Å². The van der Waals surface area contributed by atoms with Crippen LogP contribution in [0.15, 0.2) is 48.5 Å². The Balaban J connectivity index is 1.64. The van der Waals surface area contributed by atoms with Crippen molar-refractivity contribution in [3.63, 3.8) is 0 Å². The van der Waals surface area contributed by atoms with Gasteiger partial charge >= 0.3 is 18.2 Å². The minimum absolute atomic E-state index is 0.0298. The zero-order valence-corrected chi connectivity index (χ0v) is 19.5. The normalized spacial score (nSPS) is 15.5. The van der Waals surface area contributed by atoms with Gasteiger partial charge in [0.25, 0.3) is 0 Å². The van der Waals surface area contributed by atoms with Crippen LogP contribution in [0.25, 0.3) is 11.1 Å². The molecule has 1 aliphatic carbocycles. The Morgan fingerprint density at radius 3 is 1.97 bits per heavy atom. The molecule has 188 valence electrons. The monoisotopic (exact) mass is 492 g/mol. The summed E-state index contributed by atoms with van der Waals surface area (Å²) < 4.78 is 45.0. The van der Waals surface area contributed by atoms with E-state index in [1.807, 2.05) is 48.5 Å². The smallest absolute Gasteiger partial charge is 0.422 e. The number of fused-ring (bicyclic) bond motifs is 3. The number of benzene rings is 2. The van der Waals surface area contributed by atoms with Crippen LogP contribution in [0.1, 0.15) is 44.2 Å². The number of carbonyl (C=O) groups is 3. The topological polar surface area (TPSA) is 105 Å². The number of carbonyl (C=O) groups excluding carboxylic acids is 2. The lowest BCUT2D eigenvalue weighted by atomic mass is 9.98. The molecule has 3 rings (SSSR count). The van der Waals surface area contributed by atoms with E-state index in [0.717, 1.165) is 22.3 Å². The van der Waals surface area contributed by atoms with E-state index in [1.165, 1.54) is 5.32 Å². The second kappa shape index (κ2) is 9.97. The number of aliphatic carboxylic acids is 1. The number of rotatable bonds is 8. The first kappa shape index (κ1) is 26.1. The highest BCUT2D eigenvalue weighted by Gasteiger charge is 2.58. The van der Waals surface area contributed by atoms with E-state index in [0.29, 0.717) is 6.92 Å². The van der Waals surface area contributed by atoms with Crippen molar-refractivity contribution in [3.8, 4) is 11.1 Å². The van der Waals surface area contributed by atoms with Crippen LogP contribution in [0, 0.1) is 5.92 Å². The number of alkyl carbamates (subject to hydrolysis) is 1. The summed E-state index contributed by atoms with van der Waals surface area (Å²) in [5, 5.41) is 13.1. The van der Waals surface area contributed by atoms with Crippen LogP contribution in [-0.2, 0) is 14.3 Å². The van der Waals surface area contributed by atoms with Gasteiger partial charge in [0.15, 0.2) is 0 Å². The Kier molecular flexibility index (Phi) is 7.42. The standard InChI is InChI=1S/C25H27F3N2O5/c1-14(2)20(12-21(31)30-24(3,22(32)33)25(26,27)28)29-23(34)35-13-19-17-10-6-4-8-15(17)16-9-5-7-11-18(16)19/h4-11,14,19-20H,12-13H2,1-3H3,(H,29,34)(H,30,31)(H,32,33)/t20-,24?/m0/s1. The van der Waals surface area contributed by atoms with E-state index in [4.69, 9.17) is 9.84 Å². The SMILES string of the molecule is CC(C)[C@H](CC(=O)NC(C)(C(=O)O)C(F)(F)F)NC(=O)OCC1c2ccccc2-c2ccccc21. The van der Waals surface area contributed by atoms with Gasteiger partial charge in [-0.1, -0.05) is 62.4 Å². The number of alkyl halides is 3. The van der Waals surface area contributed by atoms with Gasteiger partial charge in [0.1, 0.15) is 6.61 Å². The molecule has 0 saturated carbocycles. The highest BCUT2D eigenvalue weighted by atomic mass is 19.4. The van der Waals surface area contributed by atoms with Crippen molar-refractivity contribution in [2.24, 2.45) is 5.92 Å². The quantitative estimate of drug-likeness (QED) is 0.505. The van der Waals surface area contributed by atoms with Gasteiger partial charge in [0, 0.05) is 18.4 Å². The summed E-state index contributed by atoms with van der Waals surface area (Å²) in [6, 6.07) is 14.7. The third kappa shape index (κ3) is 5.41. The van der Waals surface area contributed by atoms with Gasteiger partial charge in [-0.15, -0.1) is 0 Å². The average molecular weight is 492 g/mol. The van der Waals surface area contributed by atoms with E-state index in [9.17, 15) is 27.6 Å². The lowest BCUT2D eigenvalue weighted by Gasteiger charge is -2.30. The molecule has 2 amide bonds. The van der Waals surface area contributed by atoms with Crippen molar-refractivity contribution in [3.05, 3.63) is 59.7 Å². The van der Waals surface area contributed by atoms with E-state index in [1.54, 1.807) is 13.8 Å². The van der Waals surface area contributed by atoms with Crippen molar-refractivity contribution in [2.45, 2.75) is 50.9 Å². The van der Waals surface area contributed by atoms with Crippen LogP contribution >= 0.6 is 0 Å². The third-order valence-electron chi connectivity index (χ3n) is 6.24. The van der Waals surface area contributed by atoms with Crippen molar-refractivity contribution < 1.29 is 37.4 Å². The number of halogens is 3. The van der Waals surface area contributed by atoms with Crippen molar-refractivity contribution in [1.82, 2.24) is 10.6 Å². The Hall–Kier alpha value is -3.56. The number of nitrogens with one attached hydrogen (secondary N) is 2. The Bertz CT molecular complexity index is 1070. The maximum atomic E-state index is 13.2. The average Bonchev–Trinajstić information content (AvgIpc) is 3.10.